The van der Waals surface area contributed by atoms with Crippen LogP contribution in [0.15, 0.2) is 18.2 Å². The second kappa shape index (κ2) is 5.59. The number of halogens is 1. The van der Waals surface area contributed by atoms with Gasteiger partial charge in [-0.05, 0) is 51.2 Å². The predicted molar refractivity (Wildman–Crippen MR) is 71.1 cm³/mol. The van der Waals surface area contributed by atoms with Crippen LogP contribution in [0.5, 0.6) is 5.75 Å². The Labute approximate surface area is 112 Å². The molecule has 0 aromatic heterocycles. The molecule has 0 atom stereocenters. The number of aromatic hydroxyl groups is 1. The van der Waals surface area contributed by atoms with Crippen molar-refractivity contribution < 1.29 is 9.90 Å². The van der Waals surface area contributed by atoms with Crippen LogP contribution < -0.4 is 5.32 Å². The van der Waals surface area contributed by atoms with Gasteiger partial charge in [-0.3, -0.25) is 4.79 Å². The molecule has 1 aromatic rings. The molecule has 1 aliphatic heterocycles. The number of nitrogens with zero attached hydrogens (tertiary/aromatic N) is 1. The van der Waals surface area contributed by atoms with Gasteiger partial charge in [-0.15, -0.1) is 0 Å². The fraction of sp³-hybridized carbons (Fsp3) is 0.462. The maximum absolute atomic E-state index is 12.0. The summed E-state index contributed by atoms with van der Waals surface area (Å²) in [5.74, 6) is -0.168. The highest BCUT2D eigenvalue weighted by atomic mass is 35.5. The van der Waals surface area contributed by atoms with E-state index in [9.17, 15) is 9.90 Å². The van der Waals surface area contributed by atoms with E-state index in [1.54, 1.807) is 0 Å². The number of piperidine rings is 1. The number of phenols is 1. The lowest BCUT2D eigenvalue weighted by Crippen LogP contribution is -2.43. The van der Waals surface area contributed by atoms with Gasteiger partial charge in [0, 0.05) is 6.04 Å². The molecule has 0 unspecified atom stereocenters. The quantitative estimate of drug-likeness (QED) is 0.861. The number of hydrogen-bond acceptors (Lipinski definition) is 3. The number of hydrogen-bond donors (Lipinski definition) is 2. The van der Waals surface area contributed by atoms with E-state index >= 15 is 0 Å². The van der Waals surface area contributed by atoms with Gasteiger partial charge in [0.1, 0.15) is 5.75 Å². The van der Waals surface area contributed by atoms with Gasteiger partial charge in [-0.2, -0.15) is 0 Å². The Morgan fingerprint density at radius 1 is 1.44 bits per heavy atom. The minimum Gasteiger partial charge on any atom is -0.508 e. The molecular formula is C13H17ClN2O2. The third-order valence-corrected chi connectivity index (χ3v) is 3.58. The summed E-state index contributed by atoms with van der Waals surface area (Å²) in [4.78, 5) is 14.3. The average Bonchev–Trinajstić information content (AvgIpc) is 2.35. The first-order valence-corrected chi connectivity index (χ1v) is 6.42. The maximum atomic E-state index is 12.0. The van der Waals surface area contributed by atoms with E-state index < -0.39 is 0 Å². The molecule has 0 aliphatic carbocycles. The number of carbonyl (C=O) groups is 1. The van der Waals surface area contributed by atoms with Crippen molar-refractivity contribution in [2.45, 2.75) is 18.9 Å². The van der Waals surface area contributed by atoms with E-state index in [4.69, 9.17) is 11.6 Å². The normalized spacial score (nSPS) is 17.7. The third kappa shape index (κ3) is 3.15. The van der Waals surface area contributed by atoms with E-state index in [-0.39, 0.29) is 17.7 Å². The number of nitrogens with one attached hydrogen (secondary N) is 1. The highest BCUT2D eigenvalue weighted by molar-refractivity contribution is 6.33. The van der Waals surface area contributed by atoms with Crippen molar-refractivity contribution in [2.24, 2.45) is 0 Å². The summed E-state index contributed by atoms with van der Waals surface area (Å²) in [6, 6.07) is 4.58. The van der Waals surface area contributed by atoms with E-state index in [1.165, 1.54) is 18.2 Å². The number of amides is 1. The Morgan fingerprint density at radius 2 is 2.11 bits per heavy atom. The Bertz CT molecular complexity index is 443. The van der Waals surface area contributed by atoms with E-state index in [0.717, 1.165) is 25.9 Å². The Hall–Kier alpha value is -1.26. The molecule has 1 aromatic carbocycles. The fourth-order valence-electron chi connectivity index (χ4n) is 2.10. The molecule has 1 aliphatic rings. The summed E-state index contributed by atoms with van der Waals surface area (Å²) in [7, 11) is 2.07. The van der Waals surface area contributed by atoms with Gasteiger partial charge in [0.2, 0.25) is 0 Å². The van der Waals surface area contributed by atoms with Crippen LogP contribution in [-0.4, -0.2) is 42.1 Å². The molecule has 4 nitrogen and oxygen atoms in total. The summed E-state index contributed by atoms with van der Waals surface area (Å²) in [5, 5.41) is 12.7. The van der Waals surface area contributed by atoms with Crippen LogP contribution in [0.25, 0.3) is 0 Å². The van der Waals surface area contributed by atoms with Crippen LogP contribution in [0.2, 0.25) is 5.02 Å². The number of rotatable bonds is 2. The second-order valence-electron chi connectivity index (χ2n) is 4.72. The van der Waals surface area contributed by atoms with E-state index in [2.05, 4.69) is 17.3 Å². The number of carbonyl (C=O) groups excluding carboxylic acids is 1. The minimum absolute atomic E-state index is 0.0490. The van der Waals surface area contributed by atoms with Crippen LogP contribution >= 0.6 is 11.6 Å². The van der Waals surface area contributed by atoms with Gasteiger partial charge in [-0.1, -0.05) is 11.6 Å². The Balaban J connectivity index is 2.01. The molecule has 0 spiro atoms. The molecule has 1 saturated heterocycles. The van der Waals surface area contributed by atoms with Crippen LogP contribution in [0.1, 0.15) is 23.2 Å². The summed E-state index contributed by atoms with van der Waals surface area (Å²) in [6.07, 6.45) is 1.89. The SMILES string of the molecule is CN1CCC(NC(=O)c2cc(O)ccc2Cl)CC1. The molecule has 0 radical (unpaired) electrons. The van der Waals surface area contributed by atoms with Gasteiger partial charge < -0.3 is 15.3 Å². The van der Waals surface area contributed by atoms with Crippen molar-refractivity contribution in [3.05, 3.63) is 28.8 Å². The maximum Gasteiger partial charge on any atom is 0.253 e. The van der Waals surface area contributed by atoms with Crippen molar-refractivity contribution in [3.63, 3.8) is 0 Å². The third-order valence-electron chi connectivity index (χ3n) is 3.25. The Kier molecular flexibility index (Phi) is 4.09. The van der Waals surface area contributed by atoms with Crippen LogP contribution in [-0.2, 0) is 0 Å². The molecular weight excluding hydrogens is 252 g/mol. The number of phenolic OH excluding ortho intramolecular Hbond substituents is 1. The van der Waals surface area contributed by atoms with Gasteiger partial charge in [-0.25, -0.2) is 0 Å². The van der Waals surface area contributed by atoms with Crippen LogP contribution in [0, 0.1) is 0 Å². The highest BCUT2D eigenvalue weighted by Gasteiger charge is 2.20. The second-order valence-corrected chi connectivity index (χ2v) is 5.12. The zero-order valence-electron chi connectivity index (χ0n) is 10.3. The molecule has 0 saturated carbocycles. The first-order valence-electron chi connectivity index (χ1n) is 6.04. The lowest BCUT2D eigenvalue weighted by atomic mass is 10.0. The van der Waals surface area contributed by atoms with Gasteiger partial charge >= 0.3 is 0 Å². The molecule has 5 heteroatoms. The van der Waals surface area contributed by atoms with E-state index in [1.807, 2.05) is 0 Å². The molecule has 18 heavy (non-hydrogen) atoms. The van der Waals surface area contributed by atoms with Gasteiger partial charge in [0.25, 0.3) is 5.91 Å². The van der Waals surface area contributed by atoms with E-state index in [0.29, 0.717) is 10.6 Å². The summed E-state index contributed by atoms with van der Waals surface area (Å²) in [6.45, 7) is 1.97. The zero-order valence-corrected chi connectivity index (χ0v) is 11.1. The largest absolute Gasteiger partial charge is 0.508 e. The molecule has 2 N–H and O–H groups in total. The number of benzene rings is 1. The lowest BCUT2D eigenvalue weighted by molar-refractivity contribution is 0.0916. The fourth-order valence-corrected chi connectivity index (χ4v) is 2.31. The average molecular weight is 269 g/mol. The van der Waals surface area contributed by atoms with Crippen molar-refractivity contribution in [1.29, 1.82) is 0 Å². The summed E-state index contributed by atoms with van der Waals surface area (Å²) in [5.41, 5.74) is 0.329. The van der Waals surface area contributed by atoms with Crippen molar-refractivity contribution in [2.75, 3.05) is 20.1 Å². The Morgan fingerprint density at radius 3 is 2.78 bits per heavy atom. The molecule has 1 fully saturated rings. The monoisotopic (exact) mass is 268 g/mol. The molecule has 1 amide bonds. The summed E-state index contributed by atoms with van der Waals surface area (Å²) >= 11 is 5.95. The van der Waals surface area contributed by atoms with Gasteiger partial charge in [0.05, 0.1) is 10.6 Å². The van der Waals surface area contributed by atoms with Crippen molar-refractivity contribution >= 4 is 17.5 Å². The first kappa shape index (κ1) is 13.2. The smallest absolute Gasteiger partial charge is 0.253 e. The van der Waals surface area contributed by atoms with Crippen LogP contribution in [0.4, 0.5) is 0 Å². The zero-order chi connectivity index (χ0) is 13.1. The topological polar surface area (TPSA) is 52.6 Å². The minimum atomic E-state index is -0.217. The van der Waals surface area contributed by atoms with Crippen LogP contribution in [0.3, 0.4) is 0 Å². The molecule has 2 rings (SSSR count). The van der Waals surface area contributed by atoms with Crippen molar-refractivity contribution in [1.82, 2.24) is 10.2 Å². The molecule has 1 heterocycles. The molecule has 98 valence electrons. The summed E-state index contributed by atoms with van der Waals surface area (Å²) < 4.78 is 0. The first-order chi connectivity index (χ1) is 8.56. The van der Waals surface area contributed by atoms with Crippen molar-refractivity contribution in [3.8, 4) is 5.75 Å². The lowest BCUT2D eigenvalue weighted by Gasteiger charge is -2.29. The highest BCUT2D eigenvalue weighted by Crippen LogP contribution is 2.21. The van der Waals surface area contributed by atoms with Gasteiger partial charge in [0.15, 0.2) is 0 Å². The predicted octanol–water partition coefficient (Wildman–Crippen LogP) is 1.87. The number of likely N-dealkylation sites (tertiary alicyclic amines) is 1. The molecule has 0 bridgehead atoms. The standard InChI is InChI=1S/C13H17ClN2O2/c1-16-6-4-9(5-7-16)15-13(18)11-8-10(17)2-3-12(11)14/h2-3,8-9,17H,4-7H2,1H3,(H,15,18).